The van der Waals surface area contributed by atoms with Crippen LogP contribution in [0.4, 0.5) is 0 Å². The number of ketones is 1. The molecule has 2 N–H and O–H groups in total. The molecule has 1 aromatic rings. The lowest BCUT2D eigenvalue weighted by Gasteiger charge is -2.53. The van der Waals surface area contributed by atoms with Crippen LogP contribution >= 0.6 is 0 Å². The Balaban J connectivity index is 1.53. The summed E-state index contributed by atoms with van der Waals surface area (Å²) in [4.78, 5) is 20.2. The minimum Gasteiger partial charge on any atom is -0.344 e. The molecule has 0 aromatic carbocycles. The van der Waals surface area contributed by atoms with E-state index in [0.29, 0.717) is 18.2 Å². The van der Waals surface area contributed by atoms with E-state index in [1.54, 1.807) is 0 Å². The molecule has 4 fully saturated rings. The van der Waals surface area contributed by atoms with Gasteiger partial charge in [-0.15, -0.1) is 0 Å². The number of carbonyl (C=O) groups excluding carboxylic acids is 1. The zero-order valence-corrected chi connectivity index (χ0v) is 11.7. The van der Waals surface area contributed by atoms with E-state index in [-0.39, 0.29) is 5.78 Å². The second kappa shape index (κ2) is 3.94. The Bertz CT molecular complexity index is 548. The van der Waals surface area contributed by atoms with Gasteiger partial charge in [0, 0.05) is 12.5 Å². The number of rotatable bonds is 1. The number of hydrogen-bond acceptors (Lipinski definition) is 3. The summed E-state index contributed by atoms with van der Waals surface area (Å²) in [5.41, 5.74) is 1.73. The zero-order valence-electron chi connectivity index (χ0n) is 11.7. The molecule has 0 amide bonds. The van der Waals surface area contributed by atoms with Crippen molar-refractivity contribution in [2.75, 3.05) is 6.54 Å². The van der Waals surface area contributed by atoms with Crippen molar-refractivity contribution in [1.29, 1.82) is 0 Å². The summed E-state index contributed by atoms with van der Waals surface area (Å²) in [6.07, 6.45) is 7.08. The van der Waals surface area contributed by atoms with Gasteiger partial charge in [0.1, 0.15) is 11.5 Å². The molecule has 4 heteroatoms. The smallest absolute Gasteiger partial charge is 0.196 e. The average Bonchev–Trinajstić information content (AvgIpc) is 2.82. The number of hydrogen-bond donors (Lipinski definition) is 2. The van der Waals surface area contributed by atoms with Gasteiger partial charge in [-0.05, 0) is 55.8 Å². The number of fused-ring (bicyclic) bond motifs is 1. The first-order valence-electron chi connectivity index (χ1n) is 8.10. The molecular formula is C16H21N3O. The van der Waals surface area contributed by atoms with E-state index in [1.165, 1.54) is 32.1 Å². The first-order chi connectivity index (χ1) is 9.78. The second-order valence-electron chi connectivity index (χ2n) is 7.43. The summed E-state index contributed by atoms with van der Waals surface area (Å²) >= 11 is 0. The monoisotopic (exact) mass is 271 g/mol. The molecule has 20 heavy (non-hydrogen) atoms. The fourth-order valence-electron chi connectivity index (χ4n) is 5.70. The Hall–Kier alpha value is -1.16. The van der Waals surface area contributed by atoms with Gasteiger partial charge in [-0.3, -0.25) is 4.79 Å². The van der Waals surface area contributed by atoms with Crippen molar-refractivity contribution in [2.24, 2.45) is 23.7 Å². The highest BCUT2D eigenvalue weighted by molar-refractivity contribution is 5.97. The van der Waals surface area contributed by atoms with Gasteiger partial charge in [-0.2, -0.15) is 0 Å². The molecule has 4 bridgehead atoms. The van der Waals surface area contributed by atoms with E-state index in [0.717, 1.165) is 41.7 Å². The largest absolute Gasteiger partial charge is 0.344 e. The number of Topliss-reactive ketones (excluding diaryl/α,β-unsaturated/α-hetero) is 1. The first kappa shape index (κ1) is 11.5. The van der Waals surface area contributed by atoms with Crippen LogP contribution in [0.2, 0.25) is 0 Å². The van der Waals surface area contributed by atoms with Crippen molar-refractivity contribution < 1.29 is 4.79 Å². The fraction of sp³-hybridized carbons (Fsp3) is 0.750. The molecular weight excluding hydrogens is 250 g/mol. The molecule has 2 heterocycles. The van der Waals surface area contributed by atoms with Crippen molar-refractivity contribution in [1.82, 2.24) is 15.3 Å². The van der Waals surface area contributed by atoms with Crippen LogP contribution in [0.15, 0.2) is 0 Å². The standard InChI is InChI=1S/C16H21N3O/c20-13-7-17-6-12-15(13)19-16(18-12)14-10-2-8-1-9(4-10)5-11(14)3-8/h8-11,14,17H,1-7H2,(H,18,19). The van der Waals surface area contributed by atoms with Crippen LogP contribution in [-0.4, -0.2) is 22.3 Å². The quantitative estimate of drug-likeness (QED) is 0.823. The molecule has 6 rings (SSSR count). The molecule has 0 saturated heterocycles. The molecule has 1 aromatic heterocycles. The van der Waals surface area contributed by atoms with E-state index in [4.69, 9.17) is 4.98 Å². The van der Waals surface area contributed by atoms with Crippen LogP contribution in [0, 0.1) is 23.7 Å². The van der Waals surface area contributed by atoms with E-state index < -0.39 is 0 Å². The topological polar surface area (TPSA) is 57.8 Å². The van der Waals surface area contributed by atoms with Crippen molar-refractivity contribution in [3.8, 4) is 0 Å². The molecule has 4 nitrogen and oxygen atoms in total. The minimum absolute atomic E-state index is 0.151. The third kappa shape index (κ3) is 1.51. The van der Waals surface area contributed by atoms with E-state index in [9.17, 15) is 4.79 Å². The van der Waals surface area contributed by atoms with Gasteiger partial charge in [-0.1, -0.05) is 0 Å². The maximum atomic E-state index is 11.9. The van der Waals surface area contributed by atoms with Gasteiger partial charge in [0.25, 0.3) is 0 Å². The van der Waals surface area contributed by atoms with Gasteiger partial charge in [0.2, 0.25) is 0 Å². The van der Waals surface area contributed by atoms with Gasteiger partial charge in [0.15, 0.2) is 5.78 Å². The van der Waals surface area contributed by atoms with Crippen molar-refractivity contribution >= 4 is 5.78 Å². The molecule has 4 aliphatic carbocycles. The summed E-state index contributed by atoms with van der Waals surface area (Å²) in [6, 6.07) is 0. The molecule has 1 aliphatic heterocycles. The molecule has 5 aliphatic rings. The molecule has 0 spiro atoms. The van der Waals surface area contributed by atoms with Crippen LogP contribution in [0.1, 0.15) is 60.0 Å². The van der Waals surface area contributed by atoms with Gasteiger partial charge in [-0.25, -0.2) is 4.98 Å². The Morgan fingerprint density at radius 2 is 1.65 bits per heavy atom. The number of nitrogens with one attached hydrogen (secondary N) is 2. The van der Waals surface area contributed by atoms with Gasteiger partial charge >= 0.3 is 0 Å². The molecule has 106 valence electrons. The van der Waals surface area contributed by atoms with Gasteiger partial charge < -0.3 is 10.3 Å². The summed E-state index contributed by atoms with van der Waals surface area (Å²) < 4.78 is 0. The number of H-pyrrole nitrogens is 1. The fourth-order valence-corrected chi connectivity index (χ4v) is 5.70. The lowest BCUT2D eigenvalue weighted by molar-refractivity contribution is -0.00543. The third-order valence-corrected chi connectivity index (χ3v) is 6.19. The molecule has 0 radical (unpaired) electrons. The highest BCUT2D eigenvalue weighted by Crippen LogP contribution is 2.59. The predicted molar refractivity (Wildman–Crippen MR) is 74.4 cm³/mol. The Morgan fingerprint density at radius 3 is 2.30 bits per heavy atom. The van der Waals surface area contributed by atoms with Crippen LogP contribution in [0.25, 0.3) is 0 Å². The van der Waals surface area contributed by atoms with Crippen molar-refractivity contribution in [3.63, 3.8) is 0 Å². The molecule has 0 unspecified atom stereocenters. The van der Waals surface area contributed by atoms with Crippen LogP contribution in [0.3, 0.4) is 0 Å². The van der Waals surface area contributed by atoms with E-state index >= 15 is 0 Å². The minimum atomic E-state index is 0.151. The third-order valence-electron chi connectivity index (χ3n) is 6.19. The van der Waals surface area contributed by atoms with Crippen molar-refractivity contribution in [2.45, 2.75) is 44.6 Å². The number of aromatic nitrogens is 2. The summed E-state index contributed by atoms with van der Waals surface area (Å²) in [5.74, 6) is 5.49. The maximum absolute atomic E-state index is 11.9. The number of nitrogens with zero attached hydrogens (tertiary/aromatic N) is 1. The second-order valence-corrected chi connectivity index (χ2v) is 7.43. The maximum Gasteiger partial charge on any atom is 0.196 e. The van der Waals surface area contributed by atoms with Crippen molar-refractivity contribution in [3.05, 3.63) is 17.2 Å². The van der Waals surface area contributed by atoms with Crippen LogP contribution in [0.5, 0.6) is 0 Å². The van der Waals surface area contributed by atoms with Crippen LogP contribution in [-0.2, 0) is 6.54 Å². The summed E-state index contributed by atoms with van der Waals surface area (Å²) in [5, 5.41) is 3.15. The SMILES string of the molecule is O=C1CNCc2[nH]c(C3C4CC5CC(C4)CC3C5)nc21. The highest BCUT2D eigenvalue weighted by atomic mass is 16.1. The zero-order chi connectivity index (χ0) is 13.3. The normalized spacial score (nSPS) is 42.0. The predicted octanol–water partition coefficient (Wildman–Crippen LogP) is 2.24. The Kier molecular flexibility index (Phi) is 2.26. The number of aromatic amines is 1. The Morgan fingerprint density at radius 1 is 0.950 bits per heavy atom. The lowest BCUT2D eigenvalue weighted by Crippen LogP contribution is -2.44. The summed E-state index contributed by atoms with van der Waals surface area (Å²) in [7, 11) is 0. The lowest BCUT2D eigenvalue weighted by atomic mass is 9.52. The first-order valence-corrected chi connectivity index (χ1v) is 8.10. The number of imidazole rings is 1. The summed E-state index contributed by atoms with van der Waals surface area (Å²) in [6.45, 7) is 1.21. The van der Waals surface area contributed by atoms with E-state index in [2.05, 4.69) is 10.3 Å². The highest BCUT2D eigenvalue weighted by Gasteiger charge is 2.49. The number of carbonyl (C=O) groups is 1. The van der Waals surface area contributed by atoms with Crippen LogP contribution < -0.4 is 5.32 Å². The average molecular weight is 271 g/mol. The van der Waals surface area contributed by atoms with Gasteiger partial charge in [0.05, 0.1) is 12.2 Å². The molecule has 4 saturated carbocycles. The molecule has 0 atom stereocenters. The van der Waals surface area contributed by atoms with E-state index in [1.807, 2.05) is 0 Å². The Labute approximate surface area is 118 Å².